The van der Waals surface area contributed by atoms with Gasteiger partial charge in [-0.05, 0) is 25.3 Å². The average molecular weight is 237 g/mol. The van der Waals surface area contributed by atoms with E-state index in [1.807, 2.05) is 7.05 Å². The van der Waals surface area contributed by atoms with Gasteiger partial charge >= 0.3 is 0 Å². The average Bonchev–Trinajstić information content (AvgIpc) is 2.72. The molecule has 1 amide bonds. The fourth-order valence-corrected chi connectivity index (χ4v) is 2.06. The highest BCUT2D eigenvalue weighted by Gasteiger charge is 2.24. The number of aryl methyl sites for hydroxylation is 1. The Bertz CT molecular complexity index is 389. The lowest BCUT2D eigenvalue weighted by atomic mass is 9.94. The van der Waals surface area contributed by atoms with Crippen molar-refractivity contribution in [3.05, 3.63) is 12.2 Å². The summed E-state index contributed by atoms with van der Waals surface area (Å²) in [6.45, 7) is 3.49. The third-order valence-electron chi connectivity index (χ3n) is 3.05. The van der Waals surface area contributed by atoms with Crippen LogP contribution in [-0.4, -0.2) is 33.3 Å². The summed E-state index contributed by atoms with van der Waals surface area (Å²) in [6.07, 6.45) is 3.68. The van der Waals surface area contributed by atoms with Gasteiger partial charge in [-0.25, -0.2) is 4.98 Å². The quantitative estimate of drug-likeness (QED) is 0.765. The molecule has 1 aliphatic heterocycles. The lowest BCUT2D eigenvalue weighted by molar-refractivity contribution is -0.124. The smallest absolute Gasteiger partial charge is 0.237 e. The Morgan fingerprint density at radius 1 is 1.71 bits per heavy atom. The Labute approximate surface area is 101 Å². The first-order chi connectivity index (χ1) is 8.15. The van der Waals surface area contributed by atoms with Crippen LogP contribution in [0.15, 0.2) is 6.33 Å². The molecule has 1 aromatic rings. The SMILES string of the molecule is CC1CCNC(C(=O)NCc2ncn(C)n2)C1. The Hall–Kier alpha value is -1.43. The van der Waals surface area contributed by atoms with Gasteiger partial charge in [-0.15, -0.1) is 0 Å². The molecular formula is C11H19N5O. The largest absolute Gasteiger partial charge is 0.347 e. The van der Waals surface area contributed by atoms with E-state index in [9.17, 15) is 4.79 Å². The molecule has 94 valence electrons. The Balaban J connectivity index is 1.80. The van der Waals surface area contributed by atoms with Crippen LogP contribution in [0.2, 0.25) is 0 Å². The fourth-order valence-electron chi connectivity index (χ4n) is 2.06. The van der Waals surface area contributed by atoms with Gasteiger partial charge in [-0.2, -0.15) is 5.10 Å². The van der Waals surface area contributed by atoms with Gasteiger partial charge in [0.25, 0.3) is 0 Å². The van der Waals surface area contributed by atoms with Crippen molar-refractivity contribution >= 4 is 5.91 Å². The Kier molecular flexibility index (Phi) is 3.73. The molecule has 0 aromatic carbocycles. The zero-order valence-electron chi connectivity index (χ0n) is 10.3. The fraction of sp³-hybridized carbons (Fsp3) is 0.727. The molecule has 17 heavy (non-hydrogen) atoms. The molecule has 0 saturated carbocycles. The van der Waals surface area contributed by atoms with Crippen LogP contribution < -0.4 is 10.6 Å². The molecule has 6 heteroatoms. The number of piperidine rings is 1. The summed E-state index contributed by atoms with van der Waals surface area (Å²) in [5.41, 5.74) is 0. The van der Waals surface area contributed by atoms with Gasteiger partial charge in [0.1, 0.15) is 6.33 Å². The highest BCUT2D eigenvalue weighted by atomic mass is 16.2. The molecule has 2 rings (SSSR count). The van der Waals surface area contributed by atoms with Crippen LogP contribution in [0.3, 0.4) is 0 Å². The molecule has 0 spiro atoms. The third kappa shape index (κ3) is 3.26. The summed E-state index contributed by atoms with van der Waals surface area (Å²) in [5.74, 6) is 1.30. The van der Waals surface area contributed by atoms with E-state index in [0.717, 1.165) is 19.4 Å². The van der Waals surface area contributed by atoms with Crippen molar-refractivity contribution in [3.8, 4) is 0 Å². The van der Waals surface area contributed by atoms with Crippen molar-refractivity contribution in [2.75, 3.05) is 6.54 Å². The topological polar surface area (TPSA) is 71.8 Å². The highest BCUT2D eigenvalue weighted by molar-refractivity contribution is 5.81. The number of hydrogen-bond acceptors (Lipinski definition) is 4. The van der Waals surface area contributed by atoms with Crippen molar-refractivity contribution in [1.29, 1.82) is 0 Å². The lowest BCUT2D eigenvalue weighted by Gasteiger charge is -2.27. The second kappa shape index (κ2) is 5.27. The van der Waals surface area contributed by atoms with E-state index < -0.39 is 0 Å². The molecule has 1 aromatic heterocycles. The van der Waals surface area contributed by atoms with E-state index in [1.165, 1.54) is 0 Å². The summed E-state index contributed by atoms with van der Waals surface area (Å²) < 4.78 is 1.63. The van der Waals surface area contributed by atoms with E-state index >= 15 is 0 Å². The zero-order chi connectivity index (χ0) is 12.3. The van der Waals surface area contributed by atoms with Gasteiger partial charge in [0, 0.05) is 7.05 Å². The molecule has 1 saturated heterocycles. The number of carbonyl (C=O) groups is 1. The van der Waals surface area contributed by atoms with Crippen LogP contribution in [-0.2, 0) is 18.4 Å². The molecule has 1 aliphatic rings. The molecule has 0 radical (unpaired) electrons. The number of aromatic nitrogens is 3. The number of carbonyl (C=O) groups excluding carboxylic acids is 1. The molecule has 0 aliphatic carbocycles. The number of amides is 1. The molecule has 2 atom stereocenters. The first-order valence-electron chi connectivity index (χ1n) is 6.01. The maximum atomic E-state index is 11.9. The van der Waals surface area contributed by atoms with E-state index in [4.69, 9.17) is 0 Å². The van der Waals surface area contributed by atoms with Crippen molar-refractivity contribution in [2.24, 2.45) is 13.0 Å². The Morgan fingerprint density at radius 3 is 3.18 bits per heavy atom. The van der Waals surface area contributed by atoms with Crippen molar-refractivity contribution in [2.45, 2.75) is 32.4 Å². The van der Waals surface area contributed by atoms with Crippen molar-refractivity contribution in [3.63, 3.8) is 0 Å². The first kappa shape index (κ1) is 12.0. The summed E-state index contributed by atoms with van der Waals surface area (Å²) in [4.78, 5) is 16.0. The van der Waals surface area contributed by atoms with Gasteiger partial charge in [0.15, 0.2) is 5.82 Å². The van der Waals surface area contributed by atoms with Gasteiger partial charge in [0.2, 0.25) is 5.91 Å². The van der Waals surface area contributed by atoms with Crippen LogP contribution in [0.25, 0.3) is 0 Å². The van der Waals surface area contributed by atoms with Gasteiger partial charge in [-0.1, -0.05) is 6.92 Å². The lowest BCUT2D eigenvalue weighted by Crippen LogP contribution is -2.48. The monoisotopic (exact) mass is 237 g/mol. The van der Waals surface area contributed by atoms with E-state index in [-0.39, 0.29) is 11.9 Å². The molecule has 1 fully saturated rings. The molecule has 2 N–H and O–H groups in total. The van der Waals surface area contributed by atoms with E-state index in [2.05, 4.69) is 27.6 Å². The van der Waals surface area contributed by atoms with E-state index in [0.29, 0.717) is 18.3 Å². The van der Waals surface area contributed by atoms with Gasteiger partial charge in [-0.3, -0.25) is 9.48 Å². The standard InChI is InChI=1S/C11H19N5O/c1-8-3-4-12-9(5-8)11(17)13-6-10-14-7-16(2)15-10/h7-9,12H,3-6H2,1-2H3,(H,13,17). The minimum Gasteiger partial charge on any atom is -0.347 e. The van der Waals surface area contributed by atoms with Crippen LogP contribution in [0, 0.1) is 5.92 Å². The van der Waals surface area contributed by atoms with Crippen LogP contribution in [0.5, 0.6) is 0 Å². The van der Waals surface area contributed by atoms with Crippen LogP contribution >= 0.6 is 0 Å². The Morgan fingerprint density at radius 2 is 2.53 bits per heavy atom. The van der Waals surface area contributed by atoms with Crippen molar-refractivity contribution < 1.29 is 4.79 Å². The highest BCUT2D eigenvalue weighted by Crippen LogP contribution is 2.14. The number of rotatable bonds is 3. The zero-order valence-corrected chi connectivity index (χ0v) is 10.3. The van der Waals surface area contributed by atoms with Crippen LogP contribution in [0.1, 0.15) is 25.6 Å². The van der Waals surface area contributed by atoms with E-state index in [1.54, 1.807) is 11.0 Å². The number of nitrogens with zero attached hydrogens (tertiary/aromatic N) is 3. The molecule has 0 bridgehead atoms. The van der Waals surface area contributed by atoms with Crippen molar-refractivity contribution in [1.82, 2.24) is 25.4 Å². The molecule has 2 unspecified atom stereocenters. The second-order valence-corrected chi connectivity index (χ2v) is 4.69. The summed E-state index contributed by atoms with van der Waals surface area (Å²) in [5, 5.41) is 10.2. The maximum absolute atomic E-state index is 11.9. The number of hydrogen-bond donors (Lipinski definition) is 2. The minimum absolute atomic E-state index is 0.0454. The second-order valence-electron chi connectivity index (χ2n) is 4.69. The van der Waals surface area contributed by atoms with Crippen LogP contribution in [0.4, 0.5) is 0 Å². The summed E-state index contributed by atoms with van der Waals surface area (Å²) in [7, 11) is 1.81. The summed E-state index contributed by atoms with van der Waals surface area (Å²) >= 11 is 0. The molecule has 6 nitrogen and oxygen atoms in total. The molecule has 2 heterocycles. The first-order valence-corrected chi connectivity index (χ1v) is 6.01. The summed E-state index contributed by atoms with van der Waals surface area (Å²) in [6, 6.07) is -0.0672. The molecular weight excluding hydrogens is 218 g/mol. The predicted octanol–water partition coefficient (Wildman–Crippen LogP) is -0.181. The van der Waals surface area contributed by atoms with Gasteiger partial charge in [0.05, 0.1) is 12.6 Å². The normalized spacial score (nSPS) is 24.6. The minimum atomic E-state index is -0.0672. The predicted molar refractivity (Wildman–Crippen MR) is 63.0 cm³/mol. The number of nitrogens with one attached hydrogen (secondary N) is 2. The maximum Gasteiger partial charge on any atom is 0.237 e. The van der Waals surface area contributed by atoms with Gasteiger partial charge < -0.3 is 10.6 Å². The third-order valence-corrected chi connectivity index (χ3v) is 3.05.